The van der Waals surface area contributed by atoms with E-state index >= 15 is 0 Å². The average Bonchev–Trinajstić information content (AvgIpc) is 3.52. The second-order valence-corrected chi connectivity index (χ2v) is 10.1. The van der Waals surface area contributed by atoms with Gasteiger partial charge in [0, 0.05) is 41.9 Å². The van der Waals surface area contributed by atoms with Crippen molar-refractivity contribution in [3.05, 3.63) is 69.8 Å². The number of hydrogen-bond donors (Lipinski definition) is 0. The Morgan fingerprint density at radius 3 is 2.58 bits per heavy atom. The minimum absolute atomic E-state index is 0.0902. The summed E-state index contributed by atoms with van der Waals surface area (Å²) in [6.45, 7) is 4.36. The highest BCUT2D eigenvalue weighted by Crippen LogP contribution is 2.46. The van der Waals surface area contributed by atoms with Gasteiger partial charge in [-0.05, 0) is 47.4 Å². The molecule has 2 atom stereocenters. The molecule has 4 aromatic rings. The lowest BCUT2D eigenvalue weighted by Gasteiger charge is -2.33. The fourth-order valence-electron chi connectivity index (χ4n) is 6.11. The number of esters is 1. The highest BCUT2D eigenvalue weighted by Gasteiger charge is 2.46. The van der Waals surface area contributed by atoms with Gasteiger partial charge in [-0.1, -0.05) is 13.8 Å². The van der Waals surface area contributed by atoms with Crippen molar-refractivity contribution in [1.82, 2.24) is 14.5 Å². The number of benzene rings is 1. The van der Waals surface area contributed by atoms with Gasteiger partial charge >= 0.3 is 5.97 Å². The number of hydrogen-bond acceptors (Lipinski definition) is 8. The van der Waals surface area contributed by atoms with Crippen LogP contribution < -0.4 is 15.0 Å². The van der Waals surface area contributed by atoms with E-state index in [9.17, 15) is 9.59 Å². The van der Waals surface area contributed by atoms with Gasteiger partial charge < -0.3 is 23.5 Å². The Labute approximate surface area is 218 Å². The zero-order valence-corrected chi connectivity index (χ0v) is 21.2. The van der Waals surface area contributed by atoms with Crippen molar-refractivity contribution in [2.24, 2.45) is 0 Å². The highest BCUT2D eigenvalue weighted by atomic mass is 16.7. The molecule has 0 saturated heterocycles. The Hall–Kier alpha value is -4.24. The molecule has 0 unspecified atom stereocenters. The molecule has 0 radical (unpaired) electrons. The van der Waals surface area contributed by atoms with Crippen LogP contribution in [0.3, 0.4) is 0 Å². The van der Waals surface area contributed by atoms with E-state index in [4.69, 9.17) is 23.9 Å². The molecule has 0 bridgehead atoms. The summed E-state index contributed by atoms with van der Waals surface area (Å²) in [6.07, 6.45) is 3.27. The topological polar surface area (TPSA) is 102 Å². The van der Waals surface area contributed by atoms with Gasteiger partial charge in [0.1, 0.15) is 6.61 Å². The Kier molecular flexibility index (Phi) is 4.90. The predicted molar refractivity (Wildman–Crippen MR) is 138 cm³/mol. The van der Waals surface area contributed by atoms with Crippen molar-refractivity contribution in [2.75, 3.05) is 13.9 Å². The summed E-state index contributed by atoms with van der Waals surface area (Å²) in [5.41, 5.74) is 5.38. The first-order chi connectivity index (χ1) is 18.4. The first-order valence-electron chi connectivity index (χ1n) is 12.6. The van der Waals surface area contributed by atoms with Crippen LogP contribution in [-0.2, 0) is 32.8 Å². The van der Waals surface area contributed by atoms with Gasteiger partial charge in [-0.25, -0.2) is 9.78 Å². The SMILES string of the molecule is CC[C@]1(C)c2cc3n(c(=O)c2COC(=O)[C@H]1OC)Cc1c-3nc2cc3c(cc2c1-c1ccncc1)OCO3. The number of aromatic nitrogens is 3. The summed E-state index contributed by atoms with van der Waals surface area (Å²) < 4.78 is 24.2. The summed E-state index contributed by atoms with van der Waals surface area (Å²) in [7, 11) is 1.50. The molecule has 6 heterocycles. The van der Waals surface area contributed by atoms with Crippen molar-refractivity contribution < 1.29 is 23.7 Å². The van der Waals surface area contributed by atoms with Crippen LogP contribution in [0.5, 0.6) is 11.5 Å². The summed E-state index contributed by atoms with van der Waals surface area (Å²) in [6, 6.07) is 9.76. The summed E-state index contributed by atoms with van der Waals surface area (Å²) in [5, 5.41) is 0.911. The molecule has 3 aromatic heterocycles. The molecule has 0 amide bonds. The molecule has 38 heavy (non-hydrogen) atoms. The van der Waals surface area contributed by atoms with E-state index in [1.807, 2.05) is 44.2 Å². The molecule has 192 valence electrons. The smallest absolute Gasteiger partial charge is 0.336 e. The predicted octanol–water partition coefficient (Wildman–Crippen LogP) is 3.96. The quantitative estimate of drug-likeness (QED) is 0.336. The van der Waals surface area contributed by atoms with Crippen molar-refractivity contribution in [3.63, 3.8) is 0 Å². The van der Waals surface area contributed by atoms with Crippen LogP contribution in [-0.4, -0.2) is 40.5 Å². The molecule has 9 nitrogen and oxygen atoms in total. The van der Waals surface area contributed by atoms with E-state index in [1.165, 1.54) is 7.11 Å². The Morgan fingerprint density at radius 1 is 1.08 bits per heavy atom. The second kappa shape index (κ2) is 8.13. The second-order valence-electron chi connectivity index (χ2n) is 10.1. The van der Waals surface area contributed by atoms with Gasteiger partial charge in [0.25, 0.3) is 5.56 Å². The highest BCUT2D eigenvalue weighted by molar-refractivity contribution is 6.01. The van der Waals surface area contributed by atoms with Gasteiger partial charge in [0.05, 0.1) is 29.0 Å². The van der Waals surface area contributed by atoms with Gasteiger partial charge in [-0.2, -0.15) is 0 Å². The minimum atomic E-state index is -0.825. The normalized spacial score (nSPS) is 21.0. The largest absolute Gasteiger partial charge is 0.459 e. The molecular weight excluding hydrogens is 486 g/mol. The van der Waals surface area contributed by atoms with Crippen molar-refractivity contribution >= 4 is 16.9 Å². The lowest BCUT2D eigenvalue weighted by molar-refractivity contribution is -0.160. The lowest BCUT2D eigenvalue weighted by atomic mass is 9.73. The lowest BCUT2D eigenvalue weighted by Crippen LogP contribution is -2.43. The zero-order valence-electron chi connectivity index (χ0n) is 21.2. The third-order valence-corrected chi connectivity index (χ3v) is 8.25. The van der Waals surface area contributed by atoms with Gasteiger partial charge in [-0.15, -0.1) is 0 Å². The number of ether oxygens (including phenoxy) is 4. The van der Waals surface area contributed by atoms with Crippen LogP contribution in [0.2, 0.25) is 0 Å². The van der Waals surface area contributed by atoms with Crippen molar-refractivity contribution in [3.8, 4) is 34.0 Å². The first-order valence-corrected chi connectivity index (χ1v) is 12.6. The molecule has 3 aliphatic heterocycles. The maximum Gasteiger partial charge on any atom is 0.336 e. The van der Waals surface area contributed by atoms with Gasteiger partial charge in [0.15, 0.2) is 17.6 Å². The van der Waals surface area contributed by atoms with E-state index in [-0.39, 0.29) is 19.0 Å². The number of methoxy groups -OCH3 is 1. The molecule has 0 spiro atoms. The number of carbonyl (C=O) groups is 1. The van der Waals surface area contributed by atoms with Gasteiger partial charge in [0.2, 0.25) is 6.79 Å². The molecule has 0 aliphatic carbocycles. The molecule has 3 aliphatic rings. The number of cyclic esters (lactones) is 1. The van der Waals surface area contributed by atoms with E-state index in [1.54, 1.807) is 17.0 Å². The number of rotatable bonds is 3. The molecule has 0 N–H and O–H groups in total. The van der Waals surface area contributed by atoms with Crippen LogP contribution in [0, 0.1) is 0 Å². The van der Waals surface area contributed by atoms with Crippen LogP contribution in [0.1, 0.15) is 37.0 Å². The van der Waals surface area contributed by atoms with Crippen LogP contribution >= 0.6 is 0 Å². The summed E-state index contributed by atoms with van der Waals surface area (Å²) >= 11 is 0. The molecule has 0 fully saturated rings. The zero-order chi connectivity index (χ0) is 26.2. The average molecular weight is 512 g/mol. The number of pyridine rings is 3. The Morgan fingerprint density at radius 2 is 1.84 bits per heavy atom. The van der Waals surface area contributed by atoms with E-state index < -0.39 is 17.5 Å². The van der Waals surface area contributed by atoms with Gasteiger partial charge in [-0.3, -0.25) is 9.78 Å². The maximum atomic E-state index is 14.0. The number of carbonyl (C=O) groups excluding carboxylic acids is 1. The molecular formula is C29H25N3O6. The van der Waals surface area contributed by atoms with E-state index in [0.717, 1.165) is 38.9 Å². The standard InChI is InChI=1S/C29H25N3O6/c1-4-29(2)19-10-21-25-17(12-32(21)27(33)18(19)13-36-28(34)26(29)35-3)24(15-5-7-30-8-6-15)16-9-22-23(38-14-37-22)11-20(16)31-25/h5-11,26H,4,12-14H2,1-3H3/t26-,29-/m1/s1. The maximum absolute atomic E-state index is 14.0. The summed E-state index contributed by atoms with van der Waals surface area (Å²) in [4.78, 5) is 36.0. The van der Waals surface area contributed by atoms with Crippen LogP contribution in [0.25, 0.3) is 33.4 Å². The minimum Gasteiger partial charge on any atom is -0.459 e. The Bertz CT molecular complexity index is 1710. The number of nitrogens with zero attached hydrogens (tertiary/aromatic N) is 3. The third kappa shape index (κ3) is 3.02. The Balaban J connectivity index is 1.54. The molecule has 1 aromatic carbocycles. The molecule has 9 heteroatoms. The van der Waals surface area contributed by atoms with Crippen LogP contribution in [0.4, 0.5) is 0 Å². The first kappa shape index (κ1) is 22.9. The fraction of sp³-hybridized carbons (Fsp3) is 0.310. The molecule has 7 rings (SSSR count). The molecule has 0 saturated carbocycles. The number of fused-ring (bicyclic) bond motifs is 6. The van der Waals surface area contributed by atoms with E-state index in [2.05, 4.69) is 4.98 Å². The van der Waals surface area contributed by atoms with Crippen molar-refractivity contribution in [1.29, 1.82) is 0 Å². The monoisotopic (exact) mass is 511 g/mol. The third-order valence-electron chi connectivity index (χ3n) is 8.25. The van der Waals surface area contributed by atoms with Crippen LogP contribution in [0.15, 0.2) is 47.5 Å². The summed E-state index contributed by atoms with van der Waals surface area (Å²) in [5.74, 6) is 0.846. The fourth-order valence-corrected chi connectivity index (χ4v) is 6.11. The van der Waals surface area contributed by atoms with Crippen molar-refractivity contribution in [2.45, 2.75) is 44.9 Å². The van der Waals surface area contributed by atoms with E-state index in [0.29, 0.717) is 35.7 Å².